The van der Waals surface area contributed by atoms with Crippen LogP contribution in [-0.2, 0) is 11.8 Å². The molecule has 1 amide bonds. The second-order valence-electron chi connectivity index (χ2n) is 5.54. The van der Waals surface area contributed by atoms with Crippen molar-refractivity contribution in [3.8, 4) is 0 Å². The molecule has 4 nitrogen and oxygen atoms in total. The molecule has 0 bridgehead atoms. The van der Waals surface area contributed by atoms with E-state index in [2.05, 4.69) is 29.4 Å². The highest BCUT2D eigenvalue weighted by atomic mass is 16.2. The predicted molar refractivity (Wildman–Crippen MR) is 78.5 cm³/mol. The average Bonchev–Trinajstić information content (AvgIpc) is 3.09. The first-order valence-corrected chi connectivity index (χ1v) is 6.95. The third kappa shape index (κ3) is 2.59. The van der Waals surface area contributed by atoms with Gasteiger partial charge in [0.05, 0.1) is 11.9 Å². The minimum absolute atomic E-state index is 0.168. The van der Waals surface area contributed by atoms with Gasteiger partial charge in [-0.15, -0.1) is 0 Å². The number of anilines is 1. The van der Waals surface area contributed by atoms with Gasteiger partial charge in [0, 0.05) is 26.7 Å². The zero-order valence-corrected chi connectivity index (χ0v) is 11.9. The quantitative estimate of drug-likeness (QED) is 0.855. The molecular weight excluding hydrogens is 250 g/mol. The monoisotopic (exact) mass is 269 g/mol. The summed E-state index contributed by atoms with van der Waals surface area (Å²) in [6.07, 6.45) is 5.32. The lowest BCUT2D eigenvalue weighted by atomic mass is 10.1. The van der Waals surface area contributed by atoms with E-state index in [-0.39, 0.29) is 5.91 Å². The maximum atomic E-state index is 12.3. The molecule has 4 heteroatoms. The molecule has 2 atom stereocenters. The maximum absolute atomic E-state index is 12.3. The van der Waals surface area contributed by atoms with E-state index in [0.29, 0.717) is 18.3 Å². The van der Waals surface area contributed by atoms with Crippen LogP contribution in [0.5, 0.6) is 0 Å². The lowest BCUT2D eigenvalue weighted by Gasteiger charge is -2.14. The fourth-order valence-corrected chi connectivity index (χ4v) is 2.67. The largest absolute Gasteiger partial charge is 0.313 e. The highest BCUT2D eigenvalue weighted by molar-refractivity contribution is 5.92. The molecule has 1 aliphatic carbocycles. The Morgan fingerprint density at radius 1 is 1.40 bits per heavy atom. The molecule has 1 saturated carbocycles. The normalized spacial score (nSPS) is 20.7. The van der Waals surface area contributed by atoms with Crippen molar-refractivity contribution < 1.29 is 4.79 Å². The second kappa shape index (κ2) is 5.12. The summed E-state index contributed by atoms with van der Waals surface area (Å²) in [5, 5.41) is 4.10. The SMILES string of the molecule is CN(C(=O)C[C@@H]1C[C@H]1c1ccccc1)c1cnn(C)c1. The minimum Gasteiger partial charge on any atom is -0.313 e. The molecule has 1 aliphatic rings. The topological polar surface area (TPSA) is 38.1 Å². The molecule has 0 N–H and O–H groups in total. The van der Waals surface area contributed by atoms with Gasteiger partial charge in [-0.05, 0) is 23.8 Å². The van der Waals surface area contributed by atoms with Gasteiger partial charge in [-0.3, -0.25) is 9.48 Å². The van der Waals surface area contributed by atoms with Crippen LogP contribution in [-0.4, -0.2) is 22.7 Å². The molecule has 1 aromatic carbocycles. The smallest absolute Gasteiger partial charge is 0.227 e. The van der Waals surface area contributed by atoms with Gasteiger partial charge in [0.15, 0.2) is 0 Å². The van der Waals surface area contributed by atoms with Gasteiger partial charge < -0.3 is 4.90 Å². The number of hydrogen-bond donors (Lipinski definition) is 0. The van der Waals surface area contributed by atoms with Crippen LogP contribution in [0.1, 0.15) is 24.3 Å². The molecule has 0 spiro atoms. The molecule has 0 radical (unpaired) electrons. The van der Waals surface area contributed by atoms with Crippen molar-refractivity contribution in [2.45, 2.75) is 18.8 Å². The third-order valence-corrected chi connectivity index (χ3v) is 4.04. The number of amides is 1. The number of nitrogens with zero attached hydrogens (tertiary/aromatic N) is 3. The van der Waals surface area contributed by atoms with Gasteiger partial charge in [-0.1, -0.05) is 30.3 Å². The Bertz CT molecular complexity index is 605. The Morgan fingerprint density at radius 3 is 2.80 bits per heavy atom. The average molecular weight is 269 g/mol. The summed E-state index contributed by atoms with van der Waals surface area (Å²) in [4.78, 5) is 14.0. The fourth-order valence-electron chi connectivity index (χ4n) is 2.67. The van der Waals surface area contributed by atoms with Gasteiger partial charge in [0.1, 0.15) is 0 Å². The number of aryl methyl sites for hydroxylation is 1. The second-order valence-corrected chi connectivity index (χ2v) is 5.54. The van der Waals surface area contributed by atoms with Crippen molar-refractivity contribution in [3.05, 3.63) is 48.3 Å². The number of hydrogen-bond acceptors (Lipinski definition) is 2. The van der Waals surface area contributed by atoms with E-state index in [0.717, 1.165) is 12.1 Å². The number of aromatic nitrogens is 2. The number of benzene rings is 1. The fraction of sp³-hybridized carbons (Fsp3) is 0.375. The predicted octanol–water partition coefficient (Wildman–Crippen LogP) is 2.58. The van der Waals surface area contributed by atoms with E-state index in [1.165, 1.54) is 5.56 Å². The summed E-state index contributed by atoms with van der Waals surface area (Å²) in [6, 6.07) is 10.5. The van der Waals surface area contributed by atoms with Crippen molar-refractivity contribution in [1.82, 2.24) is 9.78 Å². The van der Waals surface area contributed by atoms with Gasteiger partial charge in [0.25, 0.3) is 0 Å². The highest BCUT2D eigenvalue weighted by Gasteiger charge is 2.40. The lowest BCUT2D eigenvalue weighted by Crippen LogP contribution is -2.26. The summed E-state index contributed by atoms with van der Waals surface area (Å²) >= 11 is 0. The Kier molecular flexibility index (Phi) is 3.30. The van der Waals surface area contributed by atoms with Crippen molar-refractivity contribution in [2.24, 2.45) is 13.0 Å². The highest BCUT2D eigenvalue weighted by Crippen LogP contribution is 2.49. The van der Waals surface area contributed by atoms with E-state index in [9.17, 15) is 4.79 Å². The number of rotatable bonds is 4. The summed E-state index contributed by atoms with van der Waals surface area (Å²) in [5.41, 5.74) is 2.21. The first-order chi connectivity index (χ1) is 9.65. The third-order valence-electron chi connectivity index (χ3n) is 4.04. The molecule has 104 valence electrons. The van der Waals surface area contributed by atoms with Crippen LogP contribution in [0.25, 0.3) is 0 Å². The van der Waals surface area contributed by atoms with Crippen LogP contribution in [0, 0.1) is 5.92 Å². The van der Waals surface area contributed by atoms with E-state index in [1.54, 1.807) is 15.8 Å². The lowest BCUT2D eigenvalue weighted by molar-refractivity contribution is -0.118. The van der Waals surface area contributed by atoms with E-state index in [4.69, 9.17) is 0 Å². The summed E-state index contributed by atoms with van der Waals surface area (Å²) < 4.78 is 1.71. The van der Waals surface area contributed by atoms with Crippen molar-refractivity contribution in [2.75, 3.05) is 11.9 Å². The van der Waals surface area contributed by atoms with Crippen LogP contribution in [0.4, 0.5) is 5.69 Å². The summed E-state index contributed by atoms with van der Waals surface area (Å²) in [5.74, 6) is 1.22. The van der Waals surface area contributed by atoms with E-state index < -0.39 is 0 Å². The molecule has 3 rings (SSSR count). The first-order valence-electron chi connectivity index (χ1n) is 6.95. The van der Waals surface area contributed by atoms with Gasteiger partial charge in [-0.25, -0.2) is 0 Å². The molecule has 0 saturated heterocycles. The number of carbonyl (C=O) groups excluding carboxylic acids is 1. The Hall–Kier alpha value is -2.10. The van der Waals surface area contributed by atoms with Crippen LogP contribution < -0.4 is 4.90 Å². The van der Waals surface area contributed by atoms with Gasteiger partial charge in [-0.2, -0.15) is 5.10 Å². The van der Waals surface area contributed by atoms with Crippen molar-refractivity contribution in [3.63, 3.8) is 0 Å². The minimum atomic E-state index is 0.168. The Morgan fingerprint density at radius 2 is 2.15 bits per heavy atom. The van der Waals surface area contributed by atoms with Crippen LogP contribution >= 0.6 is 0 Å². The van der Waals surface area contributed by atoms with Gasteiger partial charge in [0.2, 0.25) is 5.91 Å². The van der Waals surface area contributed by atoms with Gasteiger partial charge >= 0.3 is 0 Å². The summed E-state index contributed by atoms with van der Waals surface area (Å²) in [6.45, 7) is 0. The zero-order valence-electron chi connectivity index (χ0n) is 11.9. The van der Waals surface area contributed by atoms with Crippen LogP contribution in [0.3, 0.4) is 0 Å². The Balaban J connectivity index is 1.58. The van der Waals surface area contributed by atoms with E-state index >= 15 is 0 Å². The molecule has 1 aromatic heterocycles. The molecule has 0 aliphatic heterocycles. The molecule has 1 fully saturated rings. The first kappa shape index (κ1) is 12.9. The Labute approximate surface area is 119 Å². The van der Waals surface area contributed by atoms with Crippen LogP contribution in [0.15, 0.2) is 42.7 Å². The number of carbonyl (C=O) groups is 1. The maximum Gasteiger partial charge on any atom is 0.227 e. The molecular formula is C16H19N3O. The summed E-state index contributed by atoms with van der Waals surface area (Å²) in [7, 11) is 3.67. The molecule has 2 aromatic rings. The zero-order chi connectivity index (χ0) is 14.1. The van der Waals surface area contributed by atoms with Crippen molar-refractivity contribution in [1.29, 1.82) is 0 Å². The molecule has 1 heterocycles. The van der Waals surface area contributed by atoms with Crippen LogP contribution in [0.2, 0.25) is 0 Å². The van der Waals surface area contributed by atoms with Crippen molar-refractivity contribution >= 4 is 11.6 Å². The molecule has 0 unspecified atom stereocenters. The van der Waals surface area contributed by atoms with E-state index in [1.807, 2.05) is 26.4 Å². The molecule has 20 heavy (non-hydrogen) atoms. The standard InChI is InChI=1S/C16H19N3O/c1-18-11-14(10-17-18)19(2)16(20)9-13-8-15(13)12-6-4-3-5-7-12/h3-7,10-11,13,15H,8-9H2,1-2H3/t13-,15-/m0/s1.